The van der Waals surface area contributed by atoms with Crippen molar-refractivity contribution in [1.82, 2.24) is 5.32 Å². The number of carboxylic acid groups (broad SMARTS) is 1. The van der Waals surface area contributed by atoms with Crippen LogP contribution in [0.3, 0.4) is 0 Å². The van der Waals surface area contributed by atoms with Gasteiger partial charge in [0.1, 0.15) is 0 Å². The Balaban J connectivity index is 0.000000218. The van der Waals surface area contributed by atoms with Gasteiger partial charge in [0, 0.05) is 11.6 Å². The zero-order chi connectivity index (χ0) is 29.4. The van der Waals surface area contributed by atoms with E-state index < -0.39 is 20.2 Å². The van der Waals surface area contributed by atoms with Crippen LogP contribution in [0.25, 0.3) is 0 Å². The van der Waals surface area contributed by atoms with Crippen LogP contribution in [0.5, 0.6) is 0 Å². The van der Waals surface area contributed by atoms with Crippen LogP contribution in [0.15, 0.2) is 48.5 Å². The Morgan fingerprint density at radius 2 is 0.949 bits per heavy atom. The number of hydrogen-bond acceptors (Lipinski definition) is 6. The molecule has 0 unspecified atom stereocenters. The molecule has 0 saturated carbocycles. The van der Waals surface area contributed by atoms with E-state index in [9.17, 15) is 9.59 Å². The lowest BCUT2D eigenvalue weighted by atomic mass is 9.79. The number of amides is 1. The largest absolute Gasteiger partial charge is 0.494 e. The summed E-state index contributed by atoms with van der Waals surface area (Å²) in [6.07, 6.45) is 0. The standard InChI is InChI=1S/C16H24BNO3.C13H17BO4/c1-11(2)18-14(19)12-7-9-13(10-8-12)17-20-15(3,4)16(5,6)21-17;1-12(2)13(3,4)18-14(17-12)10-7-5-9(6-8-10)11(15)16/h7-11H,1-6H3,(H,18,19);5-8H,1-4H3,(H,15,16). The van der Waals surface area contributed by atoms with Crippen molar-refractivity contribution in [2.45, 2.75) is 97.7 Å². The van der Waals surface area contributed by atoms with Crippen molar-refractivity contribution in [3.63, 3.8) is 0 Å². The number of benzene rings is 2. The van der Waals surface area contributed by atoms with Gasteiger partial charge >= 0.3 is 20.2 Å². The first kappa shape index (κ1) is 30.9. The molecule has 2 heterocycles. The van der Waals surface area contributed by atoms with Crippen molar-refractivity contribution in [3.05, 3.63) is 59.7 Å². The van der Waals surface area contributed by atoms with Gasteiger partial charge in [-0.05, 0) is 104 Å². The number of nitrogens with one attached hydrogen (secondary N) is 1. The molecule has 2 aromatic carbocycles. The Hall–Kier alpha value is -2.65. The summed E-state index contributed by atoms with van der Waals surface area (Å²) >= 11 is 0. The molecule has 8 nitrogen and oxygen atoms in total. The topological polar surface area (TPSA) is 103 Å². The van der Waals surface area contributed by atoms with Gasteiger partial charge < -0.3 is 29.0 Å². The van der Waals surface area contributed by atoms with Crippen LogP contribution in [-0.2, 0) is 18.6 Å². The van der Waals surface area contributed by atoms with Crippen LogP contribution in [0.2, 0.25) is 0 Å². The van der Waals surface area contributed by atoms with E-state index >= 15 is 0 Å². The fourth-order valence-electron chi connectivity index (χ4n) is 3.88. The molecule has 2 N–H and O–H groups in total. The Morgan fingerprint density at radius 3 is 1.23 bits per heavy atom. The SMILES string of the molecule is CC(C)NC(=O)c1ccc(B2OC(C)(C)C(C)(C)O2)cc1.CC1(C)OB(c2ccc(C(=O)O)cc2)OC1(C)C. The molecule has 210 valence electrons. The molecule has 0 aromatic heterocycles. The predicted molar refractivity (Wildman–Crippen MR) is 154 cm³/mol. The van der Waals surface area contributed by atoms with Crippen LogP contribution >= 0.6 is 0 Å². The lowest BCUT2D eigenvalue weighted by Gasteiger charge is -2.32. The van der Waals surface area contributed by atoms with E-state index in [1.807, 2.05) is 81.4 Å². The van der Waals surface area contributed by atoms with Crippen molar-refractivity contribution < 1.29 is 33.3 Å². The van der Waals surface area contributed by atoms with Gasteiger partial charge in [-0.15, -0.1) is 0 Å². The van der Waals surface area contributed by atoms with Crippen LogP contribution in [0, 0.1) is 0 Å². The Labute approximate surface area is 233 Å². The highest BCUT2D eigenvalue weighted by Gasteiger charge is 2.52. The quantitative estimate of drug-likeness (QED) is 0.560. The Bertz CT molecular complexity index is 1140. The van der Waals surface area contributed by atoms with Gasteiger partial charge in [-0.3, -0.25) is 4.79 Å². The van der Waals surface area contributed by atoms with E-state index in [-0.39, 0.29) is 39.9 Å². The summed E-state index contributed by atoms with van der Waals surface area (Å²) in [7, 11) is -0.838. The number of rotatable bonds is 5. The zero-order valence-corrected chi connectivity index (χ0v) is 24.7. The molecule has 0 aliphatic carbocycles. The van der Waals surface area contributed by atoms with Gasteiger partial charge in [0.25, 0.3) is 5.91 Å². The second kappa shape index (κ2) is 11.1. The van der Waals surface area contributed by atoms with E-state index in [0.29, 0.717) is 5.56 Å². The fraction of sp³-hybridized carbons (Fsp3) is 0.517. The number of carbonyl (C=O) groups excluding carboxylic acids is 1. The van der Waals surface area contributed by atoms with Crippen LogP contribution in [-0.4, -0.2) is 59.7 Å². The number of hydrogen-bond donors (Lipinski definition) is 2. The summed E-state index contributed by atoms with van der Waals surface area (Å²) in [5.41, 5.74) is 1.18. The molecule has 39 heavy (non-hydrogen) atoms. The predicted octanol–water partition coefficient (Wildman–Crippen LogP) is 3.81. The van der Waals surface area contributed by atoms with Crippen LogP contribution in [0.4, 0.5) is 0 Å². The van der Waals surface area contributed by atoms with Gasteiger partial charge in [0.05, 0.1) is 28.0 Å². The Kier molecular flexibility index (Phi) is 8.78. The average molecular weight is 537 g/mol. The molecule has 10 heteroatoms. The minimum absolute atomic E-state index is 0.0644. The molecular weight excluding hydrogens is 496 g/mol. The van der Waals surface area contributed by atoms with Crippen molar-refractivity contribution in [2.75, 3.05) is 0 Å². The normalized spacial score (nSPS) is 20.4. The van der Waals surface area contributed by atoms with Gasteiger partial charge in [-0.25, -0.2) is 4.79 Å². The molecule has 2 aliphatic rings. The van der Waals surface area contributed by atoms with Gasteiger partial charge in [0.15, 0.2) is 0 Å². The van der Waals surface area contributed by atoms with E-state index in [4.69, 9.17) is 23.7 Å². The van der Waals surface area contributed by atoms with E-state index in [1.165, 1.54) is 0 Å². The molecule has 1 amide bonds. The lowest BCUT2D eigenvalue weighted by molar-refractivity contribution is 0.00578. The lowest BCUT2D eigenvalue weighted by Crippen LogP contribution is -2.41. The van der Waals surface area contributed by atoms with Crippen LogP contribution in [0.1, 0.15) is 90.0 Å². The molecule has 0 spiro atoms. The maximum atomic E-state index is 11.9. The van der Waals surface area contributed by atoms with Crippen molar-refractivity contribution in [3.8, 4) is 0 Å². The number of carboxylic acids is 1. The second-order valence-corrected chi connectivity index (χ2v) is 12.4. The molecule has 2 aliphatic heterocycles. The zero-order valence-electron chi connectivity index (χ0n) is 24.7. The molecule has 2 saturated heterocycles. The van der Waals surface area contributed by atoms with Crippen molar-refractivity contribution >= 4 is 37.0 Å². The highest BCUT2D eigenvalue weighted by Crippen LogP contribution is 2.37. The van der Waals surface area contributed by atoms with Crippen molar-refractivity contribution in [2.24, 2.45) is 0 Å². The minimum atomic E-state index is -0.935. The first-order chi connectivity index (χ1) is 17.8. The third-order valence-corrected chi connectivity index (χ3v) is 7.80. The third kappa shape index (κ3) is 6.92. The molecule has 2 fully saturated rings. The van der Waals surface area contributed by atoms with Gasteiger partial charge in [0.2, 0.25) is 0 Å². The monoisotopic (exact) mass is 537 g/mol. The van der Waals surface area contributed by atoms with E-state index in [1.54, 1.807) is 36.4 Å². The third-order valence-electron chi connectivity index (χ3n) is 7.80. The average Bonchev–Trinajstić information content (AvgIpc) is 3.18. The van der Waals surface area contributed by atoms with Crippen LogP contribution < -0.4 is 16.2 Å². The summed E-state index contributed by atoms with van der Waals surface area (Å²) in [4.78, 5) is 22.7. The van der Waals surface area contributed by atoms with E-state index in [0.717, 1.165) is 10.9 Å². The van der Waals surface area contributed by atoms with E-state index in [2.05, 4.69) is 5.32 Å². The summed E-state index contributed by atoms with van der Waals surface area (Å²) < 4.78 is 23.7. The molecule has 0 radical (unpaired) electrons. The molecule has 2 aromatic rings. The highest BCUT2D eigenvalue weighted by molar-refractivity contribution is 6.62. The first-order valence-corrected chi connectivity index (χ1v) is 13.3. The number of carbonyl (C=O) groups is 2. The summed E-state index contributed by atoms with van der Waals surface area (Å²) in [5, 5.41) is 11.7. The highest BCUT2D eigenvalue weighted by atomic mass is 16.7. The summed E-state index contributed by atoms with van der Waals surface area (Å²) in [6, 6.07) is 14.1. The minimum Gasteiger partial charge on any atom is -0.478 e. The van der Waals surface area contributed by atoms with Gasteiger partial charge in [-0.1, -0.05) is 24.3 Å². The molecule has 4 rings (SSSR count). The summed E-state index contributed by atoms with van der Waals surface area (Å²) in [5.74, 6) is -0.999. The second-order valence-electron chi connectivity index (χ2n) is 12.4. The van der Waals surface area contributed by atoms with Gasteiger partial charge in [-0.2, -0.15) is 0 Å². The molecular formula is C29H41B2NO7. The number of aromatic carboxylic acids is 1. The molecule has 0 atom stereocenters. The molecule has 0 bridgehead atoms. The maximum absolute atomic E-state index is 11.9. The summed E-state index contributed by atoms with van der Waals surface area (Å²) in [6.45, 7) is 19.9. The maximum Gasteiger partial charge on any atom is 0.494 e. The van der Waals surface area contributed by atoms with Crippen molar-refractivity contribution in [1.29, 1.82) is 0 Å². The Morgan fingerprint density at radius 1 is 0.641 bits per heavy atom. The smallest absolute Gasteiger partial charge is 0.478 e. The first-order valence-electron chi connectivity index (χ1n) is 13.3. The fourth-order valence-corrected chi connectivity index (χ4v) is 3.88.